The Kier molecular flexibility index (Phi) is 4.72. The van der Waals surface area contributed by atoms with E-state index >= 15 is 0 Å². The lowest BCUT2D eigenvalue weighted by Crippen LogP contribution is -2.07. The van der Waals surface area contributed by atoms with Crippen molar-refractivity contribution in [3.63, 3.8) is 0 Å². The van der Waals surface area contributed by atoms with Crippen LogP contribution in [0.1, 0.15) is 31.8 Å². The standard InChI is InChI=1S/C17H16O4/c1-12-5-3-4-6-15(12)17(19)21-11-13-7-9-14(10-8-13)16(18)20-2/h3-10H,11H2,1-2H3. The first kappa shape index (κ1) is 14.8. The first-order valence-corrected chi connectivity index (χ1v) is 6.52. The minimum atomic E-state index is -0.390. The molecule has 0 spiro atoms. The van der Waals surface area contributed by atoms with Gasteiger partial charge in [-0.15, -0.1) is 0 Å². The zero-order valence-electron chi connectivity index (χ0n) is 12.0. The highest BCUT2D eigenvalue weighted by atomic mass is 16.5. The molecule has 108 valence electrons. The number of hydrogen-bond acceptors (Lipinski definition) is 4. The van der Waals surface area contributed by atoms with Crippen LogP contribution in [0, 0.1) is 6.92 Å². The molecule has 2 aromatic carbocycles. The molecule has 4 heteroatoms. The molecule has 21 heavy (non-hydrogen) atoms. The Labute approximate surface area is 123 Å². The first-order valence-electron chi connectivity index (χ1n) is 6.52. The summed E-state index contributed by atoms with van der Waals surface area (Å²) in [5.74, 6) is -0.747. The Bertz CT molecular complexity index is 644. The summed E-state index contributed by atoms with van der Waals surface area (Å²) >= 11 is 0. The summed E-state index contributed by atoms with van der Waals surface area (Å²) < 4.78 is 9.89. The van der Waals surface area contributed by atoms with E-state index in [-0.39, 0.29) is 12.6 Å². The predicted molar refractivity (Wildman–Crippen MR) is 78.1 cm³/mol. The Morgan fingerprint density at radius 2 is 1.62 bits per heavy atom. The molecule has 0 saturated carbocycles. The molecule has 0 aliphatic rings. The van der Waals surface area contributed by atoms with Gasteiger partial charge in [-0.2, -0.15) is 0 Å². The molecule has 2 aromatic rings. The van der Waals surface area contributed by atoms with Gasteiger partial charge in [-0.25, -0.2) is 9.59 Å². The Balaban J connectivity index is 1.99. The summed E-state index contributed by atoms with van der Waals surface area (Å²) in [5.41, 5.74) is 2.71. The molecule has 0 fully saturated rings. The van der Waals surface area contributed by atoms with Gasteiger partial charge in [0.05, 0.1) is 18.2 Å². The molecule has 0 amide bonds. The van der Waals surface area contributed by atoms with Crippen molar-refractivity contribution in [2.24, 2.45) is 0 Å². The van der Waals surface area contributed by atoms with E-state index in [1.165, 1.54) is 7.11 Å². The summed E-state index contributed by atoms with van der Waals surface area (Å²) in [5, 5.41) is 0. The maximum atomic E-state index is 12.0. The minimum absolute atomic E-state index is 0.161. The van der Waals surface area contributed by atoms with Gasteiger partial charge in [0.25, 0.3) is 0 Å². The first-order chi connectivity index (χ1) is 10.1. The highest BCUT2D eigenvalue weighted by molar-refractivity contribution is 5.91. The molecule has 0 unspecified atom stereocenters. The molecule has 0 bridgehead atoms. The van der Waals surface area contributed by atoms with E-state index in [0.29, 0.717) is 11.1 Å². The number of carbonyl (C=O) groups is 2. The molecule has 0 aliphatic heterocycles. The maximum Gasteiger partial charge on any atom is 0.338 e. The summed E-state index contributed by atoms with van der Waals surface area (Å²) in [6.45, 7) is 2.02. The van der Waals surface area contributed by atoms with Crippen molar-refractivity contribution in [2.45, 2.75) is 13.5 Å². The molecule has 0 aliphatic carbocycles. The molecule has 4 nitrogen and oxygen atoms in total. The second-order valence-electron chi connectivity index (χ2n) is 4.58. The van der Waals surface area contributed by atoms with Crippen LogP contribution in [0.25, 0.3) is 0 Å². The van der Waals surface area contributed by atoms with Gasteiger partial charge in [-0.3, -0.25) is 0 Å². The van der Waals surface area contributed by atoms with Gasteiger partial charge in [-0.1, -0.05) is 30.3 Å². The molecular weight excluding hydrogens is 268 g/mol. The van der Waals surface area contributed by atoms with Gasteiger partial charge >= 0.3 is 11.9 Å². The van der Waals surface area contributed by atoms with E-state index in [4.69, 9.17) is 4.74 Å². The number of methoxy groups -OCH3 is 1. The second-order valence-corrected chi connectivity index (χ2v) is 4.58. The highest BCUT2D eigenvalue weighted by Gasteiger charge is 2.10. The van der Waals surface area contributed by atoms with Gasteiger partial charge in [0.1, 0.15) is 6.61 Å². The molecule has 0 saturated heterocycles. The molecular formula is C17H16O4. The Hall–Kier alpha value is -2.62. The van der Waals surface area contributed by atoms with E-state index in [1.807, 2.05) is 19.1 Å². The lowest BCUT2D eigenvalue weighted by Gasteiger charge is -2.07. The van der Waals surface area contributed by atoms with Gasteiger partial charge in [0.15, 0.2) is 0 Å². The molecule has 0 atom stereocenters. The van der Waals surface area contributed by atoms with E-state index in [1.54, 1.807) is 36.4 Å². The smallest absolute Gasteiger partial charge is 0.338 e. The number of benzene rings is 2. The summed E-state index contributed by atoms with van der Waals surface area (Å²) in [4.78, 5) is 23.3. The monoisotopic (exact) mass is 284 g/mol. The fraction of sp³-hybridized carbons (Fsp3) is 0.176. The molecule has 0 N–H and O–H groups in total. The topological polar surface area (TPSA) is 52.6 Å². The van der Waals surface area contributed by atoms with Crippen LogP contribution >= 0.6 is 0 Å². The van der Waals surface area contributed by atoms with Crippen LogP contribution in [-0.4, -0.2) is 19.0 Å². The summed E-state index contributed by atoms with van der Waals surface area (Å²) in [6, 6.07) is 14.0. The number of hydrogen-bond donors (Lipinski definition) is 0. The van der Waals surface area contributed by atoms with Crippen LogP contribution in [0.5, 0.6) is 0 Å². The minimum Gasteiger partial charge on any atom is -0.465 e. The van der Waals surface area contributed by atoms with E-state index in [2.05, 4.69) is 4.74 Å². The average molecular weight is 284 g/mol. The number of carbonyl (C=O) groups excluding carboxylic acids is 2. The van der Waals surface area contributed by atoms with Crippen molar-refractivity contribution in [3.8, 4) is 0 Å². The van der Waals surface area contributed by atoms with Crippen molar-refractivity contribution in [3.05, 3.63) is 70.8 Å². The third-order valence-electron chi connectivity index (χ3n) is 3.11. The van der Waals surface area contributed by atoms with Crippen molar-refractivity contribution >= 4 is 11.9 Å². The van der Waals surface area contributed by atoms with Crippen LogP contribution in [-0.2, 0) is 16.1 Å². The van der Waals surface area contributed by atoms with E-state index < -0.39 is 5.97 Å². The van der Waals surface area contributed by atoms with Gasteiger partial charge in [-0.05, 0) is 36.2 Å². The third kappa shape index (κ3) is 3.69. The van der Waals surface area contributed by atoms with Crippen molar-refractivity contribution in [1.82, 2.24) is 0 Å². The van der Waals surface area contributed by atoms with Gasteiger partial charge in [0, 0.05) is 0 Å². The number of ether oxygens (including phenoxy) is 2. The second kappa shape index (κ2) is 6.70. The van der Waals surface area contributed by atoms with Crippen molar-refractivity contribution in [2.75, 3.05) is 7.11 Å². The van der Waals surface area contributed by atoms with Crippen LogP contribution in [0.4, 0.5) is 0 Å². The zero-order chi connectivity index (χ0) is 15.2. The summed E-state index contributed by atoms with van der Waals surface area (Å²) in [6.07, 6.45) is 0. The predicted octanol–water partition coefficient (Wildman–Crippen LogP) is 3.14. The SMILES string of the molecule is COC(=O)c1ccc(COC(=O)c2ccccc2C)cc1. The Morgan fingerprint density at radius 3 is 2.24 bits per heavy atom. The quantitative estimate of drug-likeness (QED) is 0.809. The normalized spacial score (nSPS) is 10.0. The summed E-state index contributed by atoms with van der Waals surface area (Å²) in [7, 11) is 1.33. The van der Waals surface area contributed by atoms with Crippen molar-refractivity contribution < 1.29 is 19.1 Å². The van der Waals surface area contributed by atoms with Gasteiger partial charge in [0.2, 0.25) is 0 Å². The lowest BCUT2D eigenvalue weighted by molar-refractivity contribution is 0.0470. The van der Waals surface area contributed by atoms with Gasteiger partial charge < -0.3 is 9.47 Å². The molecule has 0 radical (unpaired) electrons. The Morgan fingerprint density at radius 1 is 0.952 bits per heavy atom. The number of esters is 2. The maximum absolute atomic E-state index is 12.0. The average Bonchev–Trinajstić information content (AvgIpc) is 2.52. The number of aryl methyl sites for hydroxylation is 1. The van der Waals surface area contributed by atoms with E-state index in [0.717, 1.165) is 11.1 Å². The van der Waals surface area contributed by atoms with Crippen LogP contribution in [0.3, 0.4) is 0 Å². The number of rotatable bonds is 4. The van der Waals surface area contributed by atoms with Crippen LogP contribution in [0.2, 0.25) is 0 Å². The van der Waals surface area contributed by atoms with Crippen LogP contribution in [0.15, 0.2) is 48.5 Å². The molecule has 0 heterocycles. The third-order valence-corrected chi connectivity index (χ3v) is 3.11. The van der Waals surface area contributed by atoms with E-state index in [9.17, 15) is 9.59 Å². The fourth-order valence-corrected chi connectivity index (χ4v) is 1.88. The fourth-order valence-electron chi connectivity index (χ4n) is 1.88. The molecule has 2 rings (SSSR count). The highest BCUT2D eigenvalue weighted by Crippen LogP contribution is 2.11. The lowest BCUT2D eigenvalue weighted by atomic mass is 10.1. The zero-order valence-corrected chi connectivity index (χ0v) is 12.0. The van der Waals surface area contributed by atoms with Crippen molar-refractivity contribution in [1.29, 1.82) is 0 Å². The largest absolute Gasteiger partial charge is 0.465 e. The van der Waals surface area contributed by atoms with Crippen LogP contribution < -0.4 is 0 Å². The molecule has 0 aromatic heterocycles.